The third-order valence-electron chi connectivity index (χ3n) is 6.34. The van der Waals surface area contributed by atoms with Crippen LogP contribution in [-0.4, -0.2) is 19.2 Å². The second-order valence-corrected chi connectivity index (χ2v) is 9.75. The van der Waals surface area contributed by atoms with Gasteiger partial charge in [0.15, 0.2) is 0 Å². The lowest BCUT2D eigenvalue weighted by atomic mass is 9.62. The maximum Gasteiger partial charge on any atom is 0.330 e. The molecule has 32 heavy (non-hydrogen) atoms. The Kier molecular flexibility index (Phi) is 8.50. The van der Waals surface area contributed by atoms with E-state index in [2.05, 4.69) is 39.8 Å². The van der Waals surface area contributed by atoms with E-state index in [4.69, 9.17) is 9.47 Å². The van der Waals surface area contributed by atoms with Crippen molar-refractivity contribution in [3.05, 3.63) is 58.5 Å². The molecule has 4 heteroatoms. The first kappa shape index (κ1) is 25.9. The highest BCUT2D eigenvalue weighted by atomic mass is 19.1. The largest absolute Gasteiger partial charge is 0.493 e. The van der Waals surface area contributed by atoms with Gasteiger partial charge in [-0.05, 0) is 91.3 Å². The van der Waals surface area contributed by atoms with Crippen molar-refractivity contribution in [2.45, 2.75) is 85.5 Å². The summed E-state index contributed by atoms with van der Waals surface area (Å²) in [6, 6.07) is 4.28. The average molecular weight is 443 g/mol. The molecule has 0 spiro atoms. The zero-order chi connectivity index (χ0) is 24.1. The lowest BCUT2D eigenvalue weighted by molar-refractivity contribution is -0.137. The van der Waals surface area contributed by atoms with E-state index >= 15 is 4.39 Å². The van der Waals surface area contributed by atoms with Crippen molar-refractivity contribution in [1.82, 2.24) is 0 Å². The minimum absolute atomic E-state index is 0.0223. The van der Waals surface area contributed by atoms with Crippen molar-refractivity contribution in [2.24, 2.45) is 0 Å². The molecule has 176 valence electrons. The maximum atomic E-state index is 15.4. The fourth-order valence-electron chi connectivity index (χ4n) is 4.32. The van der Waals surface area contributed by atoms with Gasteiger partial charge in [-0.15, -0.1) is 0 Å². The molecule has 1 aromatic carbocycles. The number of carbonyl (C=O) groups is 1. The molecule has 1 aromatic rings. The number of esters is 1. The van der Waals surface area contributed by atoms with Crippen LogP contribution >= 0.6 is 0 Å². The van der Waals surface area contributed by atoms with E-state index in [1.54, 1.807) is 19.9 Å². The van der Waals surface area contributed by atoms with Crippen molar-refractivity contribution in [3.8, 4) is 5.75 Å². The molecule has 0 saturated heterocycles. The molecule has 0 N–H and O–H groups in total. The Hall–Kier alpha value is -2.36. The third-order valence-corrected chi connectivity index (χ3v) is 6.34. The van der Waals surface area contributed by atoms with Crippen LogP contribution in [0.25, 0.3) is 5.57 Å². The van der Waals surface area contributed by atoms with E-state index in [9.17, 15) is 4.79 Å². The number of ether oxygens (including phenoxy) is 2. The highest BCUT2D eigenvalue weighted by Gasteiger charge is 2.38. The molecular formula is C28H39FO3. The summed E-state index contributed by atoms with van der Waals surface area (Å²) < 4.78 is 26.3. The molecule has 0 fully saturated rings. The predicted octanol–water partition coefficient (Wildman–Crippen LogP) is 7.59. The van der Waals surface area contributed by atoms with Crippen LogP contribution in [0.4, 0.5) is 4.39 Å². The summed E-state index contributed by atoms with van der Waals surface area (Å²) in [5, 5.41) is 0. The van der Waals surface area contributed by atoms with Crippen molar-refractivity contribution in [3.63, 3.8) is 0 Å². The SMILES string of the molecule is CCOC(=O)C=C(C)C=CC(F)=C(CC)c1cc2c(cc1OCC)C(C)(C)CCC2(C)C. The number of rotatable bonds is 8. The molecule has 0 bridgehead atoms. The van der Waals surface area contributed by atoms with Crippen LogP contribution in [0.15, 0.2) is 41.8 Å². The molecular weight excluding hydrogens is 403 g/mol. The molecule has 0 saturated carbocycles. The second-order valence-electron chi connectivity index (χ2n) is 9.75. The Labute approximate surface area is 193 Å². The van der Waals surface area contributed by atoms with Gasteiger partial charge in [0.25, 0.3) is 0 Å². The molecule has 0 aliphatic heterocycles. The molecule has 0 atom stereocenters. The molecule has 3 nitrogen and oxygen atoms in total. The quantitative estimate of drug-likeness (QED) is 0.236. The molecule has 0 unspecified atom stereocenters. The fourth-order valence-corrected chi connectivity index (χ4v) is 4.32. The highest BCUT2D eigenvalue weighted by Crippen LogP contribution is 2.49. The molecule has 0 heterocycles. The molecule has 1 aliphatic carbocycles. The van der Waals surface area contributed by atoms with E-state index in [1.165, 1.54) is 23.3 Å². The number of benzene rings is 1. The number of hydrogen-bond donors (Lipinski definition) is 0. The Morgan fingerprint density at radius 1 is 1.00 bits per heavy atom. The van der Waals surface area contributed by atoms with Crippen LogP contribution < -0.4 is 4.74 Å². The zero-order valence-corrected chi connectivity index (χ0v) is 21.0. The van der Waals surface area contributed by atoms with Gasteiger partial charge >= 0.3 is 5.97 Å². The predicted molar refractivity (Wildman–Crippen MR) is 131 cm³/mol. The van der Waals surface area contributed by atoms with E-state index in [0.29, 0.717) is 30.8 Å². The normalized spacial score (nSPS) is 18.2. The van der Waals surface area contributed by atoms with Gasteiger partial charge in [0.2, 0.25) is 0 Å². The summed E-state index contributed by atoms with van der Waals surface area (Å²) in [6.07, 6.45) is 7.12. The topological polar surface area (TPSA) is 35.5 Å². The van der Waals surface area contributed by atoms with Crippen LogP contribution in [-0.2, 0) is 20.4 Å². The Bertz CT molecular complexity index is 932. The molecule has 1 aliphatic rings. The standard InChI is InChI=1S/C28H39FO3/c1-9-20(24(29)13-12-19(4)16-26(30)32-11-3)21-17-22-23(18-25(21)31-10-2)28(7,8)15-14-27(22,5)6/h12-13,16-18H,9-11,14-15H2,1-8H3. The monoisotopic (exact) mass is 442 g/mol. The Balaban J connectivity index is 2.59. The Morgan fingerprint density at radius 3 is 2.12 bits per heavy atom. The van der Waals surface area contributed by atoms with Gasteiger partial charge < -0.3 is 9.47 Å². The molecule has 0 radical (unpaired) electrons. The highest BCUT2D eigenvalue weighted by molar-refractivity contribution is 5.83. The van der Waals surface area contributed by atoms with Gasteiger partial charge in [-0.3, -0.25) is 0 Å². The van der Waals surface area contributed by atoms with Crippen molar-refractivity contribution < 1.29 is 18.7 Å². The van der Waals surface area contributed by atoms with Gasteiger partial charge in [0, 0.05) is 11.6 Å². The van der Waals surface area contributed by atoms with E-state index in [1.807, 2.05) is 13.8 Å². The second kappa shape index (κ2) is 10.5. The Morgan fingerprint density at radius 2 is 1.59 bits per heavy atom. The summed E-state index contributed by atoms with van der Waals surface area (Å²) in [5.74, 6) is -0.0120. The zero-order valence-electron chi connectivity index (χ0n) is 21.0. The van der Waals surface area contributed by atoms with Gasteiger partial charge in [-0.1, -0.05) is 40.7 Å². The average Bonchev–Trinajstić information content (AvgIpc) is 2.71. The van der Waals surface area contributed by atoms with E-state index in [-0.39, 0.29) is 16.7 Å². The first-order valence-corrected chi connectivity index (χ1v) is 11.7. The number of hydrogen-bond acceptors (Lipinski definition) is 3. The van der Waals surface area contributed by atoms with Crippen LogP contribution in [0.3, 0.4) is 0 Å². The fraction of sp³-hybridized carbons (Fsp3) is 0.536. The smallest absolute Gasteiger partial charge is 0.330 e. The van der Waals surface area contributed by atoms with Crippen molar-refractivity contribution in [1.29, 1.82) is 0 Å². The number of allylic oxidation sites excluding steroid dienone is 5. The molecule has 0 amide bonds. The van der Waals surface area contributed by atoms with E-state index in [0.717, 1.165) is 24.2 Å². The van der Waals surface area contributed by atoms with Crippen molar-refractivity contribution in [2.75, 3.05) is 13.2 Å². The van der Waals surface area contributed by atoms with Crippen molar-refractivity contribution >= 4 is 11.5 Å². The maximum absolute atomic E-state index is 15.4. The van der Waals surface area contributed by atoms with Gasteiger partial charge in [0.1, 0.15) is 11.6 Å². The van der Waals surface area contributed by atoms with Crippen LogP contribution in [0, 0.1) is 0 Å². The molecule has 2 rings (SSSR count). The summed E-state index contributed by atoms with van der Waals surface area (Å²) in [7, 11) is 0. The lowest BCUT2D eigenvalue weighted by Gasteiger charge is -2.42. The first-order chi connectivity index (χ1) is 15.0. The first-order valence-electron chi connectivity index (χ1n) is 11.7. The van der Waals surface area contributed by atoms with Crippen LogP contribution in [0.1, 0.15) is 91.3 Å². The summed E-state index contributed by atoms with van der Waals surface area (Å²) in [4.78, 5) is 11.6. The number of carbonyl (C=O) groups excluding carboxylic acids is 1. The van der Waals surface area contributed by atoms with Gasteiger partial charge in [-0.2, -0.15) is 0 Å². The lowest BCUT2D eigenvalue weighted by Crippen LogP contribution is -2.34. The van der Waals surface area contributed by atoms with E-state index < -0.39 is 5.97 Å². The third kappa shape index (κ3) is 5.90. The van der Waals surface area contributed by atoms with Gasteiger partial charge in [0.05, 0.1) is 13.2 Å². The minimum atomic E-state index is -0.423. The number of halogens is 1. The van der Waals surface area contributed by atoms with Gasteiger partial charge in [-0.25, -0.2) is 9.18 Å². The minimum Gasteiger partial charge on any atom is -0.493 e. The van der Waals surface area contributed by atoms with Crippen LogP contribution in [0.2, 0.25) is 0 Å². The summed E-state index contributed by atoms with van der Waals surface area (Å²) >= 11 is 0. The van der Waals surface area contributed by atoms with Crippen LogP contribution in [0.5, 0.6) is 5.75 Å². The molecule has 0 aromatic heterocycles. The summed E-state index contributed by atoms with van der Waals surface area (Å²) in [5.41, 5.74) is 4.69. The number of fused-ring (bicyclic) bond motifs is 1. The summed E-state index contributed by atoms with van der Waals surface area (Å²) in [6.45, 7) is 17.3.